The van der Waals surface area contributed by atoms with Crippen LogP contribution in [-0.2, 0) is 26.1 Å². The van der Waals surface area contributed by atoms with Crippen LogP contribution in [0.25, 0.3) is 11.5 Å². The summed E-state index contributed by atoms with van der Waals surface area (Å²) in [6, 6.07) is 9.82. The van der Waals surface area contributed by atoms with Crippen molar-refractivity contribution in [2.24, 2.45) is 0 Å². The molecule has 0 bridgehead atoms. The molecule has 12 nitrogen and oxygen atoms in total. The van der Waals surface area contributed by atoms with Crippen molar-refractivity contribution in [1.29, 1.82) is 0 Å². The zero-order valence-corrected chi connectivity index (χ0v) is 18.9. The first-order valence-electron chi connectivity index (χ1n) is 10.2. The van der Waals surface area contributed by atoms with Crippen LogP contribution in [0.5, 0.6) is 0 Å². The minimum atomic E-state index is -3.78. The molecule has 0 saturated carbocycles. The Morgan fingerprint density at radius 1 is 1.15 bits per heavy atom. The molecule has 178 valence electrons. The first-order valence-corrected chi connectivity index (χ1v) is 11.6. The lowest BCUT2D eigenvalue weighted by Gasteiger charge is -2.26. The van der Waals surface area contributed by atoms with Gasteiger partial charge in [-0.1, -0.05) is 6.07 Å². The van der Waals surface area contributed by atoms with Crippen LogP contribution in [0.3, 0.4) is 0 Å². The average Bonchev–Trinajstić information content (AvgIpc) is 3.32. The molecule has 13 heteroatoms. The number of benzene rings is 2. The van der Waals surface area contributed by atoms with E-state index in [0.717, 1.165) is 0 Å². The third kappa shape index (κ3) is 4.95. The van der Waals surface area contributed by atoms with E-state index in [-0.39, 0.29) is 47.6 Å². The summed E-state index contributed by atoms with van der Waals surface area (Å²) in [5.41, 5.74) is 1.03. The van der Waals surface area contributed by atoms with E-state index in [1.165, 1.54) is 40.7 Å². The Morgan fingerprint density at radius 3 is 2.53 bits per heavy atom. The van der Waals surface area contributed by atoms with Gasteiger partial charge in [-0.3, -0.25) is 10.1 Å². The van der Waals surface area contributed by atoms with Gasteiger partial charge in [0.1, 0.15) is 0 Å². The molecule has 2 aromatic carbocycles. The van der Waals surface area contributed by atoms with Crippen molar-refractivity contribution in [3.05, 3.63) is 69.6 Å². The molecule has 3 aromatic rings. The van der Waals surface area contributed by atoms with E-state index in [4.69, 9.17) is 13.9 Å². The Balaban J connectivity index is 1.45. The van der Waals surface area contributed by atoms with Gasteiger partial charge in [-0.25, -0.2) is 13.2 Å². The molecular formula is C21H20N4O8S. The van der Waals surface area contributed by atoms with Crippen LogP contribution in [0.4, 0.5) is 5.69 Å². The van der Waals surface area contributed by atoms with Gasteiger partial charge in [0.2, 0.25) is 15.9 Å². The van der Waals surface area contributed by atoms with E-state index >= 15 is 0 Å². The summed E-state index contributed by atoms with van der Waals surface area (Å²) in [5.74, 6) is -0.626. The summed E-state index contributed by atoms with van der Waals surface area (Å²) in [6.45, 7) is 2.44. The maximum absolute atomic E-state index is 12.9. The van der Waals surface area contributed by atoms with Crippen LogP contribution in [0.2, 0.25) is 0 Å². The number of carbonyl (C=O) groups is 1. The van der Waals surface area contributed by atoms with E-state index < -0.39 is 20.9 Å². The summed E-state index contributed by atoms with van der Waals surface area (Å²) in [5, 5.41) is 18.4. The van der Waals surface area contributed by atoms with Crippen molar-refractivity contribution in [2.75, 3.05) is 26.3 Å². The zero-order valence-electron chi connectivity index (χ0n) is 18.0. The SMILES string of the molecule is Cc1ccc(S(=O)(=O)N2CCOCC2)cc1C(=O)OCc1nnc(-c2ccc([N+](=O)[O-])cc2)o1. The third-order valence-electron chi connectivity index (χ3n) is 5.16. The monoisotopic (exact) mass is 488 g/mol. The number of hydrogen-bond acceptors (Lipinski definition) is 10. The van der Waals surface area contributed by atoms with Crippen molar-refractivity contribution < 1.29 is 32.0 Å². The molecule has 0 atom stereocenters. The minimum Gasteiger partial charge on any atom is -0.452 e. The fraction of sp³-hybridized carbons (Fsp3) is 0.286. The quantitative estimate of drug-likeness (QED) is 0.275. The summed E-state index contributed by atoms with van der Waals surface area (Å²) < 4.78 is 43.0. The number of nitrogens with zero attached hydrogens (tertiary/aromatic N) is 4. The largest absolute Gasteiger partial charge is 0.452 e. The predicted octanol–water partition coefficient (Wildman–Crippen LogP) is 2.33. The van der Waals surface area contributed by atoms with Gasteiger partial charge in [0.25, 0.3) is 11.6 Å². The first kappa shape index (κ1) is 23.5. The van der Waals surface area contributed by atoms with Gasteiger partial charge < -0.3 is 13.9 Å². The number of esters is 1. The number of hydrogen-bond donors (Lipinski definition) is 0. The second-order valence-electron chi connectivity index (χ2n) is 7.37. The van der Waals surface area contributed by atoms with Crippen LogP contribution < -0.4 is 0 Å². The summed E-state index contributed by atoms with van der Waals surface area (Å²) >= 11 is 0. The van der Waals surface area contributed by atoms with Gasteiger partial charge in [-0.2, -0.15) is 4.31 Å². The normalized spacial score (nSPS) is 14.6. The number of nitro groups is 1. The fourth-order valence-corrected chi connectivity index (χ4v) is 4.71. The fourth-order valence-electron chi connectivity index (χ4n) is 3.28. The Bertz CT molecular complexity index is 1310. The highest BCUT2D eigenvalue weighted by molar-refractivity contribution is 7.89. The molecule has 1 saturated heterocycles. The molecule has 0 unspecified atom stereocenters. The van der Waals surface area contributed by atoms with E-state index in [2.05, 4.69) is 10.2 Å². The lowest BCUT2D eigenvalue weighted by molar-refractivity contribution is -0.384. The third-order valence-corrected chi connectivity index (χ3v) is 7.05. The van der Waals surface area contributed by atoms with Crippen molar-refractivity contribution in [3.8, 4) is 11.5 Å². The molecule has 0 aliphatic carbocycles. The molecule has 34 heavy (non-hydrogen) atoms. The van der Waals surface area contributed by atoms with Crippen molar-refractivity contribution >= 4 is 21.7 Å². The number of rotatable bonds is 7. The molecule has 1 aromatic heterocycles. The van der Waals surface area contributed by atoms with Crippen molar-refractivity contribution in [1.82, 2.24) is 14.5 Å². The summed E-state index contributed by atoms with van der Waals surface area (Å²) in [6.07, 6.45) is 0. The zero-order chi connectivity index (χ0) is 24.3. The Kier molecular flexibility index (Phi) is 6.68. The van der Waals surface area contributed by atoms with Crippen LogP contribution in [0.15, 0.2) is 51.8 Å². The molecule has 2 heterocycles. The van der Waals surface area contributed by atoms with Crippen LogP contribution in [-0.4, -0.2) is 60.1 Å². The van der Waals surface area contributed by atoms with Gasteiger partial charge in [0.05, 0.1) is 28.6 Å². The lowest BCUT2D eigenvalue weighted by Crippen LogP contribution is -2.40. The molecule has 0 spiro atoms. The molecular weight excluding hydrogens is 468 g/mol. The van der Waals surface area contributed by atoms with Gasteiger partial charge in [0, 0.05) is 30.8 Å². The molecule has 0 N–H and O–H groups in total. The van der Waals surface area contributed by atoms with Crippen LogP contribution in [0, 0.1) is 17.0 Å². The number of ether oxygens (including phenoxy) is 2. The Hall–Kier alpha value is -3.68. The van der Waals surface area contributed by atoms with Gasteiger partial charge >= 0.3 is 5.97 Å². The number of nitro benzene ring substituents is 1. The number of sulfonamides is 1. The molecule has 1 aliphatic heterocycles. The molecule has 1 aliphatic rings. The topological polar surface area (TPSA) is 155 Å². The van der Waals surface area contributed by atoms with Crippen molar-refractivity contribution in [2.45, 2.75) is 18.4 Å². The highest BCUT2D eigenvalue weighted by Crippen LogP contribution is 2.23. The van der Waals surface area contributed by atoms with E-state index in [1.807, 2.05) is 0 Å². The number of morpholine rings is 1. The van der Waals surface area contributed by atoms with E-state index in [9.17, 15) is 23.3 Å². The van der Waals surface area contributed by atoms with E-state index in [1.54, 1.807) is 13.0 Å². The highest BCUT2D eigenvalue weighted by Gasteiger charge is 2.27. The minimum absolute atomic E-state index is 0.00908. The van der Waals surface area contributed by atoms with Gasteiger partial charge in [0.15, 0.2) is 6.61 Å². The predicted molar refractivity (Wildman–Crippen MR) is 116 cm³/mol. The van der Waals surface area contributed by atoms with Gasteiger partial charge in [-0.15, -0.1) is 10.2 Å². The number of carbonyl (C=O) groups excluding carboxylic acids is 1. The molecule has 0 amide bonds. The molecule has 4 rings (SSSR count). The average molecular weight is 488 g/mol. The maximum atomic E-state index is 12.9. The number of aryl methyl sites for hydroxylation is 1. The Labute approximate surface area is 194 Å². The molecule has 1 fully saturated rings. The number of aromatic nitrogens is 2. The maximum Gasteiger partial charge on any atom is 0.338 e. The van der Waals surface area contributed by atoms with Crippen molar-refractivity contribution in [3.63, 3.8) is 0 Å². The smallest absolute Gasteiger partial charge is 0.338 e. The number of non-ortho nitro benzene ring substituents is 1. The van der Waals surface area contributed by atoms with Gasteiger partial charge in [-0.05, 0) is 36.8 Å². The lowest BCUT2D eigenvalue weighted by atomic mass is 10.1. The van der Waals surface area contributed by atoms with Crippen LogP contribution >= 0.6 is 0 Å². The summed E-state index contributed by atoms with van der Waals surface area (Å²) in [4.78, 5) is 22.9. The second-order valence-corrected chi connectivity index (χ2v) is 9.31. The molecule has 0 radical (unpaired) electrons. The highest BCUT2D eigenvalue weighted by atomic mass is 32.2. The van der Waals surface area contributed by atoms with E-state index in [0.29, 0.717) is 24.3 Å². The summed E-state index contributed by atoms with van der Waals surface area (Å²) in [7, 11) is -3.78. The van der Waals surface area contributed by atoms with Crippen LogP contribution in [0.1, 0.15) is 21.8 Å². The first-order chi connectivity index (χ1) is 16.3. The standard InChI is InChI=1S/C21H20N4O8S/c1-14-2-7-17(34(29,30)24-8-10-31-11-9-24)12-18(14)21(26)32-13-19-22-23-20(33-19)15-3-5-16(6-4-15)25(27)28/h2-7,12H,8-11,13H2,1H3. The Morgan fingerprint density at radius 2 is 1.85 bits per heavy atom. The second kappa shape index (κ2) is 9.67.